The molecule has 0 fully saturated rings. The second kappa shape index (κ2) is 5.32. The first kappa shape index (κ1) is 11.4. The number of thioether (sulfide) groups is 1. The minimum Gasteiger partial charge on any atom is -0.381 e. The van der Waals surface area contributed by atoms with Gasteiger partial charge in [-0.05, 0) is 18.6 Å². The Kier molecular flexibility index (Phi) is 3.79. The fraction of sp³-hybridized carbons (Fsp3) is 0.273. The van der Waals surface area contributed by atoms with Crippen LogP contribution in [-0.4, -0.2) is 9.97 Å². The smallest absolute Gasteiger partial charge is 0.156 e. The van der Waals surface area contributed by atoms with Crippen molar-refractivity contribution in [3.8, 4) is 0 Å². The molecule has 0 bridgehead atoms. The van der Waals surface area contributed by atoms with E-state index in [1.54, 1.807) is 24.2 Å². The van der Waals surface area contributed by atoms with E-state index in [-0.39, 0.29) is 0 Å². The highest BCUT2D eigenvalue weighted by atomic mass is 32.2. The molecule has 0 aliphatic carbocycles. The zero-order chi connectivity index (χ0) is 11.4. The molecule has 2 aromatic heterocycles. The van der Waals surface area contributed by atoms with Gasteiger partial charge in [-0.15, -0.1) is 11.3 Å². The van der Waals surface area contributed by atoms with Gasteiger partial charge in [-0.3, -0.25) is 0 Å². The molecule has 0 aliphatic rings. The van der Waals surface area contributed by atoms with E-state index in [4.69, 9.17) is 5.73 Å². The first-order valence-corrected chi connectivity index (χ1v) is 6.86. The summed E-state index contributed by atoms with van der Waals surface area (Å²) in [5.74, 6) is 1.42. The number of aromatic nitrogens is 2. The molecule has 5 heteroatoms. The van der Waals surface area contributed by atoms with Gasteiger partial charge < -0.3 is 5.73 Å². The maximum absolute atomic E-state index is 5.73. The largest absolute Gasteiger partial charge is 0.381 e. The van der Waals surface area contributed by atoms with Crippen LogP contribution in [-0.2, 0) is 12.2 Å². The number of hydrogen-bond acceptors (Lipinski definition) is 5. The number of rotatable bonds is 4. The Morgan fingerprint density at radius 2 is 2.00 bits per heavy atom. The molecule has 84 valence electrons. The van der Waals surface area contributed by atoms with Gasteiger partial charge in [-0.25, -0.2) is 9.97 Å². The lowest BCUT2D eigenvalue weighted by Crippen LogP contribution is -1.94. The second-order valence-electron chi connectivity index (χ2n) is 3.26. The average Bonchev–Trinajstić information content (AvgIpc) is 2.76. The summed E-state index contributed by atoms with van der Waals surface area (Å²) in [6.45, 7) is 2.17. The van der Waals surface area contributed by atoms with Crippen molar-refractivity contribution in [1.29, 1.82) is 0 Å². The topological polar surface area (TPSA) is 51.8 Å². The maximum atomic E-state index is 5.73. The van der Waals surface area contributed by atoms with E-state index in [2.05, 4.69) is 29.0 Å². The van der Waals surface area contributed by atoms with E-state index in [1.165, 1.54) is 9.75 Å². The van der Waals surface area contributed by atoms with Crippen molar-refractivity contribution in [3.63, 3.8) is 0 Å². The molecule has 2 heterocycles. The lowest BCUT2D eigenvalue weighted by molar-refractivity contribution is 1.07. The predicted octanol–water partition coefficient (Wildman–Crippen LogP) is 2.98. The average molecular weight is 251 g/mol. The molecule has 16 heavy (non-hydrogen) atoms. The van der Waals surface area contributed by atoms with E-state index in [9.17, 15) is 0 Å². The normalized spacial score (nSPS) is 10.6. The number of anilines is 1. The van der Waals surface area contributed by atoms with Gasteiger partial charge in [0, 0.05) is 27.9 Å². The van der Waals surface area contributed by atoms with Crippen LogP contribution < -0.4 is 5.73 Å². The summed E-state index contributed by atoms with van der Waals surface area (Å²) >= 11 is 3.48. The quantitative estimate of drug-likeness (QED) is 0.849. The summed E-state index contributed by atoms with van der Waals surface area (Å²) in [7, 11) is 0. The van der Waals surface area contributed by atoms with Crippen LogP contribution in [0.2, 0.25) is 0 Å². The minimum atomic E-state index is 0.514. The first-order valence-electron chi connectivity index (χ1n) is 5.06. The maximum Gasteiger partial charge on any atom is 0.156 e. The standard InChI is InChI=1S/C11H13N3S2/c1-2-8-3-4-9(16-8)7-15-11-10(12)13-5-6-14-11/h3-6H,2,7H2,1H3,(H2,12,13). The van der Waals surface area contributed by atoms with E-state index in [0.717, 1.165) is 17.2 Å². The number of nitrogens with two attached hydrogens (primary N) is 1. The lowest BCUT2D eigenvalue weighted by Gasteiger charge is -2.00. The highest BCUT2D eigenvalue weighted by molar-refractivity contribution is 7.98. The molecule has 2 rings (SSSR count). The van der Waals surface area contributed by atoms with Gasteiger partial charge in [-0.2, -0.15) is 0 Å². The molecule has 0 saturated heterocycles. The molecule has 0 aromatic carbocycles. The van der Waals surface area contributed by atoms with E-state index in [1.807, 2.05) is 11.3 Å². The lowest BCUT2D eigenvalue weighted by atomic mass is 10.4. The van der Waals surface area contributed by atoms with Crippen LogP contribution in [0.15, 0.2) is 29.6 Å². The van der Waals surface area contributed by atoms with Crippen molar-refractivity contribution in [2.75, 3.05) is 5.73 Å². The molecule has 0 unspecified atom stereocenters. The monoisotopic (exact) mass is 251 g/mol. The fourth-order valence-corrected chi connectivity index (χ4v) is 3.15. The van der Waals surface area contributed by atoms with E-state index >= 15 is 0 Å². The van der Waals surface area contributed by atoms with Crippen LogP contribution >= 0.6 is 23.1 Å². The fourth-order valence-electron chi connectivity index (χ4n) is 1.28. The Labute approximate surface area is 103 Å². The van der Waals surface area contributed by atoms with Crippen molar-refractivity contribution in [1.82, 2.24) is 9.97 Å². The molecular weight excluding hydrogens is 238 g/mol. The van der Waals surface area contributed by atoms with Gasteiger partial charge >= 0.3 is 0 Å². The molecule has 0 atom stereocenters. The summed E-state index contributed by atoms with van der Waals surface area (Å²) < 4.78 is 0. The third-order valence-electron chi connectivity index (χ3n) is 2.11. The molecule has 0 aliphatic heterocycles. The van der Waals surface area contributed by atoms with Gasteiger partial charge in [0.05, 0.1) is 0 Å². The zero-order valence-electron chi connectivity index (χ0n) is 9.01. The molecule has 0 amide bonds. The summed E-state index contributed by atoms with van der Waals surface area (Å²) in [5.41, 5.74) is 5.73. The summed E-state index contributed by atoms with van der Waals surface area (Å²) in [5, 5.41) is 0.814. The molecule has 0 saturated carbocycles. The van der Waals surface area contributed by atoms with Crippen LogP contribution in [0.3, 0.4) is 0 Å². The van der Waals surface area contributed by atoms with Crippen molar-refractivity contribution in [2.24, 2.45) is 0 Å². The third-order valence-corrected chi connectivity index (χ3v) is 4.56. The molecular formula is C11H13N3S2. The van der Waals surface area contributed by atoms with Crippen molar-refractivity contribution >= 4 is 28.9 Å². The van der Waals surface area contributed by atoms with Crippen molar-refractivity contribution in [2.45, 2.75) is 24.1 Å². The molecule has 3 nitrogen and oxygen atoms in total. The van der Waals surface area contributed by atoms with Crippen molar-refractivity contribution < 1.29 is 0 Å². The van der Waals surface area contributed by atoms with Crippen LogP contribution in [0.4, 0.5) is 5.82 Å². The number of thiophene rings is 1. The van der Waals surface area contributed by atoms with Crippen LogP contribution in [0, 0.1) is 0 Å². The van der Waals surface area contributed by atoms with Gasteiger partial charge in [0.15, 0.2) is 5.82 Å². The minimum absolute atomic E-state index is 0.514. The van der Waals surface area contributed by atoms with E-state index in [0.29, 0.717) is 5.82 Å². The van der Waals surface area contributed by atoms with Gasteiger partial charge in [0.1, 0.15) is 5.03 Å². The van der Waals surface area contributed by atoms with Gasteiger partial charge in [-0.1, -0.05) is 18.7 Å². The summed E-state index contributed by atoms with van der Waals surface area (Å²) in [4.78, 5) is 11.0. The Morgan fingerprint density at radius 1 is 1.25 bits per heavy atom. The second-order valence-corrected chi connectivity index (χ2v) is 5.47. The van der Waals surface area contributed by atoms with Gasteiger partial charge in [0.25, 0.3) is 0 Å². The SMILES string of the molecule is CCc1ccc(CSc2nccnc2N)s1. The Morgan fingerprint density at radius 3 is 2.69 bits per heavy atom. The molecule has 0 spiro atoms. The van der Waals surface area contributed by atoms with Crippen LogP contribution in [0.1, 0.15) is 16.7 Å². The van der Waals surface area contributed by atoms with Crippen molar-refractivity contribution in [3.05, 3.63) is 34.3 Å². The van der Waals surface area contributed by atoms with E-state index < -0.39 is 0 Å². The highest BCUT2D eigenvalue weighted by Gasteiger charge is 2.04. The molecule has 0 radical (unpaired) electrons. The molecule has 2 N–H and O–H groups in total. The Hall–Kier alpha value is -1.07. The summed E-state index contributed by atoms with van der Waals surface area (Å²) in [6, 6.07) is 4.35. The Balaban J connectivity index is 1.99. The number of aryl methyl sites for hydroxylation is 1. The first-order chi connectivity index (χ1) is 7.79. The zero-order valence-corrected chi connectivity index (χ0v) is 10.6. The van der Waals surface area contributed by atoms with Crippen LogP contribution in [0.5, 0.6) is 0 Å². The van der Waals surface area contributed by atoms with Gasteiger partial charge in [0.2, 0.25) is 0 Å². The molecule has 2 aromatic rings. The van der Waals surface area contributed by atoms with Crippen LogP contribution in [0.25, 0.3) is 0 Å². The Bertz CT molecular complexity index is 468. The number of hydrogen-bond donors (Lipinski definition) is 1. The highest BCUT2D eigenvalue weighted by Crippen LogP contribution is 2.27. The predicted molar refractivity (Wildman–Crippen MR) is 69.7 cm³/mol. The number of nitrogens with zero attached hydrogens (tertiary/aromatic N) is 2. The number of nitrogen functional groups attached to an aromatic ring is 1. The summed E-state index contributed by atoms with van der Waals surface area (Å²) in [6.07, 6.45) is 4.38. The third kappa shape index (κ3) is 2.74.